The van der Waals surface area contributed by atoms with Gasteiger partial charge in [-0.1, -0.05) is 0 Å². The smallest absolute Gasteiger partial charge is 0.298 e. The summed E-state index contributed by atoms with van der Waals surface area (Å²) in [5, 5.41) is 41.3. The fraction of sp³-hybridized carbons (Fsp3) is 0.333. The average Bonchev–Trinajstić information content (AvgIpc) is 3.12. The third-order valence-corrected chi connectivity index (χ3v) is 5.69. The van der Waals surface area contributed by atoms with Crippen molar-refractivity contribution in [3.63, 3.8) is 0 Å². The van der Waals surface area contributed by atoms with Gasteiger partial charge in [0.25, 0.3) is 5.56 Å². The molecular formula is C21H20N2O8. The molecule has 5 atom stereocenters. The highest BCUT2D eigenvalue weighted by molar-refractivity contribution is 6.13. The minimum atomic E-state index is -1.64. The monoisotopic (exact) mass is 428 g/mol. The quantitative estimate of drug-likeness (QED) is 0.342. The molecule has 4 N–H and O–H groups in total. The molecule has 0 unspecified atom stereocenters. The van der Waals surface area contributed by atoms with E-state index in [1.807, 2.05) is 12.1 Å². The summed E-state index contributed by atoms with van der Waals surface area (Å²) in [6.07, 6.45) is -5.82. The Hall–Kier alpha value is -3.02. The first-order valence-electron chi connectivity index (χ1n) is 9.65. The number of fused-ring (bicyclic) bond motifs is 3. The summed E-state index contributed by atoms with van der Waals surface area (Å²) in [5.41, 5.74) is 1.16. The molecule has 10 heteroatoms. The summed E-state index contributed by atoms with van der Waals surface area (Å²) in [5.74, 6) is 0.400. The predicted molar refractivity (Wildman–Crippen MR) is 109 cm³/mol. The largest absolute Gasteiger partial charge is 0.497 e. The van der Waals surface area contributed by atoms with E-state index in [0.29, 0.717) is 22.3 Å². The van der Waals surface area contributed by atoms with Crippen LogP contribution in [0, 0.1) is 0 Å². The van der Waals surface area contributed by atoms with Crippen LogP contribution >= 0.6 is 0 Å². The summed E-state index contributed by atoms with van der Waals surface area (Å²) >= 11 is 0. The molecule has 4 heterocycles. The lowest BCUT2D eigenvalue weighted by Crippen LogP contribution is -2.60. The number of benzene rings is 1. The third kappa shape index (κ3) is 2.92. The van der Waals surface area contributed by atoms with Crippen LogP contribution in [0.5, 0.6) is 11.5 Å². The number of hydrogen-bond acceptors (Lipinski definition) is 9. The van der Waals surface area contributed by atoms with E-state index in [-0.39, 0.29) is 5.75 Å². The Labute approximate surface area is 174 Å². The second-order valence-electron chi connectivity index (χ2n) is 7.44. The van der Waals surface area contributed by atoms with Gasteiger partial charge in [0.15, 0.2) is 5.75 Å². The highest BCUT2D eigenvalue weighted by Gasteiger charge is 2.45. The molecule has 0 spiro atoms. The Balaban J connectivity index is 1.68. The first-order chi connectivity index (χ1) is 14.9. The molecule has 0 amide bonds. The van der Waals surface area contributed by atoms with Crippen molar-refractivity contribution in [3.8, 4) is 11.5 Å². The standard InChI is InChI=1S/C21H20N2O8/c1-29-9-2-3-10-11-4-5-22-12-7-14(20(28)23(16(11)12)13(10)6-9)30-21-19(27)18(26)17(25)15(8-24)31-21/h2-7,15,17-19,21,24-27H,8H2,1H3/t15-,17-,18+,19-,21-/m1/s1. The van der Waals surface area contributed by atoms with Gasteiger partial charge in [-0.15, -0.1) is 0 Å². The Morgan fingerprint density at radius 3 is 2.65 bits per heavy atom. The number of aliphatic hydroxyl groups is 4. The van der Waals surface area contributed by atoms with Crippen molar-refractivity contribution in [1.82, 2.24) is 9.38 Å². The number of nitrogens with zero attached hydrogens (tertiary/aromatic N) is 2. The molecule has 5 rings (SSSR count). The zero-order valence-electron chi connectivity index (χ0n) is 16.4. The van der Waals surface area contributed by atoms with Gasteiger partial charge in [-0.2, -0.15) is 0 Å². The highest BCUT2D eigenvalue weighted by Crippen LogP contribution is 2.33. The number of aromatic nitrogens is 2. The molecule has 1 aromatic carbocycles. The molecular weight excluding hydrogens is 408 g/mol. The molecule has 0 aliphatic carbocycles. The maximum absolute atomic E-state index is 13.4. The molecule has 162 valence electrons. The van der Waals surface area contributed by atoms with Crippen LogP contribution in [0.4, 0.5) is 0 Å². The van der Waals surface area contributed by atoms with Crippen LogP contribution in [0.25, 0.3) is 27.3 Å². The summed E-state index contributed by atoms with van der Waals surface area (Å²) in [6.45, 7) is -0.606. The molecule has 1 fully saturated rings. The lowest BCUT2D eigenvalue weighted by Gasteiger charge is -2.39. The molecule has 1 saturated heterocycles. The Kier molecular flexibility index (Phi) is 4.68. The van der Waals surface area contributed by atoms with Crippen LogP contribution in [0.3, 0.4) is 0 Å². The zero-order valence-corrected chi connectivity index (χ0v) is 16.4. The topological polar surface area (TPSA) is 143 Å². The molecule has 4 aromatic rings. The van der Waals surface area contributed by atoms with Crippen molar-refractivity contribution < 1.29 is 34.6 Å². The summed E-state index contributed by atoms with van der Waals surface area (Å²) in [7, 11) is 1.53. The van der Waals surface area contributed by atoms with Crippen molar-refractivity contribution >= 4 is 27.3 Å². The predicted octanol–water partition coefficient (Wildman–Crippen LogP) is -0.374. The molecule has 0 radical (unpaired) electrons. The molecule has 31 heavy (non-hydrogen) atoms. The van der Waals surface area contributed by atoms with Crippen LogP contribution in [0.2, 0.25) is 0 Å². The number of pyridine rings is 2. The molecule has 1 aliphatic heterocycles. The number of methoxy groups -OCH3 is 1. The van der Waals surface area contributed by atoms with Gasteiger partial charge in [-0.25, -0.2) is 0 Å². The first kappa shape index (κ1) is 19.9. The van der Waals surface area contributed by atoms with Crippen LogP contribution < -0.4 is 15.0 Å². The van der Waals surface area contributed by atoms with Crippen LogP contribution in [0.15, 0.2) is 41.3 Å². The molecule has 1 aliphatic rings. The fourth-order valence-corrected chi connectivity index (χ4v) is 4.08. The maximum atomic E-state index is 13.4. The highest BCUT2D eigenvalue weighted by atomic mass is 16.7. The van der Waals surface area contributed by atoms with E-state index in [1.165, 1.54) is 17.6 Å². The van der Waals surface area contributed by atoms with E-state index in [2.05, 4.69) is 4.98 Å². The summed E-state index contributed by atoms with van der Waals surface area (Å²) < 4.78 is 17.8. The van der Waals surface area contributed by atoms with Crippen molar-refractivity contribution in [2.24, 2.45) is 0 Å². The van der Waals surface area contributed by atoms with E-state index < -0.39 is 42.9 Å². The van der Waals surface area contributed by atoms with Gasteiger partial charge in [-0.05, 0) is 18.2 Å². The summed E-state index contributed by atoms with van der Waals surface area (Å²) in [6, 6.07) is 8.63. The number of hydrogen-bond donors (Lipinski definition) is 4. The van der Waals surface area contributed by atoms with Crippen molar-refractivity contribution in [2.75, 3.05) is 13.7 Å². The molecule has 0 saturated carbocycles. The number of ether oxygens (including phenoxy) is 3. The van der Waals surface area contributed by atoms with E-state index >= 15 is 0 Å². The lowest BCUT2D eigenvalue weighted by molar-refractivity contribution is -0.277. The van der Waals surface area contributed by atoms with Gasteiger partial charge < -0.3 is 34.6 Å². The fourth-order valence-electron chi connectivity index (χ4n) is 4.08. The maximum Gasteiger partial charge on any atom is 0.298 e. The van der Waals surface area contributed by atoms with Gasteiger partial charge in [0.1, 0.15) is 30.2 Å². The normalized spacial score (nSPS) is 26.7. The lowest BCUT2D eigenvalue weighted by atomic mass is 9.99. The minimum absolute atomic E-state index is 0.169. The molecule has 3 aromatic heterocycles. The minimum Gasteiger partial charge on any atom is -0.497 e. The van der Waals surface area contributed by atoms with E-state index in [4.69, 9.17) is 14.2 Å². The molecule has 0 bridgehead atoms. The number of aliphatic hydroxyl groups excluding tert-OH is 4. The van der Waals surface area contributed by atoms with Crippen LogP contribution in [-0.2, 0) is 4.74 Å². The van der Waals surface area contributed by atoms with Crippen molar-refractivity contribution in [2.45, 2.75) is 30.7 Å². The zero-order chi connectivity index (χ0) is 21.9. The van der Waals surface area contributed by atoms with Gasteiger partial charge in [0, 0.05) is 29.1 Å². The number of rotatable bonds is 4. The van der Waals surface area contributed by atoms with E-state index in [9.17, 15) is 25.2 Å². The van der Waals surface area contributed by atoms with E-state index in [1.54, 1.807) is 18.3 Å². The van der Waals surface area contributed by atoms with Gasteiger partial charge in [0.2, 0.25) is 6.29 Å². The Morgan fingerprint density at radius 2 is 1.90 bits per heavy atom. The first-order valence-corrected chi connectivity index (χ1v) is 9.65. The van der Waals surface area contributed by atoms with Crippen LogP contribution in [0.1, 0.15) is 0 Å². The Morgan fingerprint density at radius 1 is 1.10 bits per heavy atom. The Bertz CT molecular complexity index is 1320. The second kappa shape index (κ2) is 7.29. The SMILES string of the molecule is COc1ccc2c3ccnc4cc(O[C@@H]5O[C@H](CO)[C@@H](O)[C@H](O)[C@H]5O)c(=O)n(c2c1)c43. The summed E-state index contributed by atoms with van der Waals surface area (Å²) in [4.78, 5) is 17.7. The van der Waals surface area contributed by atoms with Gasteiger partial charge in [0.05, 0.1) is 30.3 Å². The second-order valence-corrected chi connectivity index (χ2v) is 7.44. The third-order valence-electron chi connectivity index (χ3n) is 5.69. The van der Waals surface area contributed by atoms with Crippen molar-refractivity contribution in [1.29, 1.82) is 0 Å². The van der Waals surface area contributed by atoms with Gasteiger partial charge in [-0.3, -0.25) is 14.2 Å². The van der Waals surface area contributed by atoms with Crippen LogP contribution in [-0.4, -0.2) is 74.2 Å². The van der Waals surface area contributed by atoms with Gasteiger partial charge >= 0.3 is 0 Å². The van der Waals surface area contributed by atoms with Crippen molar-refractivity contribution in [3.05, 3.63) is 46.9 Å². The average molecular weight is 428 g/mol. The molecule has 10 nitrogen and oxygen atoms in total. The van der Waals surface area contributed by atoms with E-state index in [0.717, 1.165) is 10.8 Å².